The van der Waals surface area contributed by atoms with Crippen molar-refractivity contribution in [1.29, 1.82) is 0 Å². The number of carbonyl (C=O) groups is 1. The zero-order valence-corrected chi connectivity index (χ0v) is 14.2. The van der Waals surface area contributed by atoms with E-state index in [1.807, 2.05) is 19.1 Å². The summed E-state index contributed by atoms with van der Waals surface area (Å²) in [7, 11) is 2.77. The number of halogens is 1. The average molecular weight is 299 g/mol. The molecule has 1 aromatic rings. The Morgan fingerprint density at radius 2 is 2.05 bits per heavy atom. The first-order valence-corrected chi connectivity index (χ1v) is 7.94. The van der Waals surface area contributed by atoms with Crippen LogP contribution in [0.15, 0.2) is 18.2 Å². The first-order valence-electron chi connectivity index (χ1n) is 6.75. The van der Waals surface area contributed by atoms with Gasteiger partial charge in [-0.25, -0.2) is 0 Å². The van der Waals surface area contributed by atoms with Gasteiger partial charge in [-0.3, -0.25) is 4.79 Å². The van der Waals surface area contributed by atoms with Crippen molar-refractivity contribution in [2.24, 2.45) is 11.3 Å². The molecule has 0 spiro atoms. The maximum atomic E-state index is 12.5. The van der Waals surface area contributed by atoms with Crippen molar-refractivity contribution < 1.29 is 4.79 Å². The van der Waals surface area contributed by atoms with E-state index >= 15 is 0 Å². The van der Waals surface area contributed by atoms with Gasteiger partial charge in [0.1, 0.15) is 0 Å². The molecule has 0 aromatic heterocycles. The van der Waals surface area contributed by atoms with Crippen LogP contribution >= 0.6 is 20.8 Å². The van der Waals surface area contributed by atoms with Gasteiger partial charge >= 0.3 is 0 Å². The molecular weight excluding hydrogens is 275 g/mol. The standard InChI is InChI=1S/C16H24ClOP/c1-11(10-19)8-16(3,4)9-14(18)15-12(2)6-5-7-13(15)17/h5-7,11H,8-10,19H2,1-4H3. The third-order valence-electron chi connectivity index (χ3n) is 3.44. The number of rotatable bonds is 6. The fourth-order valence-corrected chi connectivity index (χ4v) is 3.10. The van der Waals surface area contributed by atoms with Crippen LogP contribution in [0.3, 0.4) is 0 Å². The third-order valence-corrected chi connectivity index (χ3v) is 4.56. The highest BCUT2D eigenvalue weighted by Gasteiger charge is 2.26. The number of benzene rings is 1. The van der Waals surface area contributed by atoms with E-state index in [1.54, 1.807) is 6.07 Å². The zero-order chi connectivity index (χ0) is 14.6. The number of aryl methyl sites for hydroxylation is 1. The lowest BCUT2D eigenvalue weighted by molar-refractivity contribution is 0.0917. The Bertz CT molecular complexity index is 434. The van der Waals surface area contributed by atoms with Gasteiger partial charge in [0.25, 0.3) is 0 Å². The van der Waals surface area contributed by atoms with E-state index in [4.69, 9.17) is 11.6 Å². The van der Waals surface area contributed by atoms with Gasteiger partial charge in [-0.05, 0) is 42.5 Å². The lowest BCUT2D eigenvalue weighted by Crippen LogP contribution is -2.21. The first kappa shape index (κ1) is 16.7. The minimum absolute atomic E-state index is 0.0126. The maximum Gasteiger partial charge on any atom is 0.165 e. The van der Waals surface area contributed by atoms with Gasteiger partial charge in [0.2, 0.25) is 0 Å². The Morgan fingerprint density at radius 3 is 2.58 bits per heavy atom. The van der Waals surface area contributed by atoms with E-state index in [2.05, 4.69) is 30.0 Å². The van der Waals surface area contributed by atoms with Crippen molar-refractivity contribution >= 4 is 26.6 Å². The lowest BCUT2D eigenvalue weighted by atomic mass is 9.78. The Balaban J connectivity index is 2.85. The second kappa shape index (κ2) is 6.86. The Labute approximate surface area is 124 Å². The predicted octanol–water partition coefficient (Wildman–Crippen LogP) is 5.15. The molecule has 0 heterocycles. The van der Waals surface area contributed by atoms with E-state index in [9.17, 15) is 4.79 Å². The summed E-state index contributed by atoms with van der Waals surface area (Å²) in [5.41, 5.74) is 1.67. The summed E-state index contributed by atoms with van der Waals surface area (Å²) in [5, 5.41) is 0.569. The molecule has 3 heteroatoms. The van der Waals surface area contributed by atoms with E-state index < -0.39 is 0 Å². The molecule has 0 aliphatic carbocycles. The molecule has 0 radical (unpaired) electrons. The van der Waals surface area contributed by atoms with Crippen molar-refractivity contribution in [2.75, 3.05) is 6.16 Å². The Hall–Kier alpha value is -0.390. The van der Waals surface area contributed by atoms with Gasteiger partial charge in [-0.2, -0.15) is 0 Å². The molecule has 0 bridgehead atoms. The quantitative estimate of drug-likeness (QED) is 0.524. The predicted molar refractivity (Wildman–Crippen MR) is 87.3 cm³/mol. The first-order chi connectivity index (χ1) is 8.76. The van der Waals surface area contributed by atoms with Crippen molar-refractivity contribution in [3.8, 4) is 0 Å². The highest BCUT2D eigenvalue weighted by molar-refractivity contribution is 7.16. The monoisotopic (exact) mass is 298 g/mol. The average Bonchev–Trinajstić information content (AvgIpc) is 2.27. The molecule has 0 saturated heterocycles. The number of hydrogen-bond acceptors (Lipinski definition) is 1. The SMILES string of the molecule is Cc1cccc(Cl)c1C(=O)CC(C)(C)CC(C)CP. The number of Topliss-reactive ketones (excluding diaryl/α,β-unsaturated/α-hetero) is 1. The van der Waals surface area contributed by atoms with E-state index in [1.165, 1.54) is 0 Å². The molecule has 2 unspecified atom stereocenters. The summed E-state index contributed by atoms with van der Waals surface area (Å²) >= 11 is 6.16. The molecule has 19 heavy (non-hydrogen) atoms. The van der Waals surface area contributed by atoms with Crippen LogP contribution < -0.4 is 0 Å². The van der Waals surface area contributed by atoms with Gasteiger partial charge in [-0.15, -0.1) is 9.24 Å². The van der Waals surface area contributed by atoms with Crippen LogP contribution in [-0.2, 0) is 0 Å². The number of hydrogen-bond donors (Lipinski definition) is 0. The van der Waals surface area contributed by atoms with Crippen LogP contribution in [-0.4, -0.2) is 11.9 Å². The normalized spacial score (nSPS) is 13.4. The van der Waals surface area contributed by atoms with Crippen molar-refractivity contribution in [3.05, 3.63) is 34.3 Å². The Morgan fingerprint density at radius 1 is 1.42 bits per heavy atom. The molecule has 0 aliphatic heterocycles. The van der Waals surface area contributed by atoms with Crippen molar-refractivity contribution in [1.82, 2.24) is 0 Å². The van der Waals surface area contributed by atoms with Gasteiger partial charge < -0.3 is 0 Å². The molecule has 0 aliphatic rings. The summed E-state index contributed by atoms with van der Waals surface area (Å²) in [6.45, 7) is 8.49. The summed E-state index contributed by atoms with van der Waals surface area (Å²) in [5.74, 6) is 0.768. The minimum Gasteiger partial charge on any atom is -0.294 e. The molecule has 1 aromatic carbocycles. The molecule has 0 amide bonds. The maximum absolute atomic E-state index is 12.5. The molecule has 1 rings (SSSR count). The smallest absolute Gasteiger partial charge is 0.165 e. The van der Waals surface area contributed by atoms with Gasteiger partial charge in [0.15, 0.2) is 5.78 Å². The fourth-order valence-electron chi connectivity index (χ4n) is 2.61. The summed E-state index contributed by atoms with van der Waals surface area (Å²) < 4.78 is 0. The Kier molecular flexibility index (Phi) is 6.02. The molecular formula is C16H24ClOP. The summed E-state index contributed by atoms with van der Waals surface area (Å²) in [6, 6.07) is 5.62. The second-order valence-corrected chi connectivity index (χ2v) is 7.12. The van der Waals surface area contributed by atoms with Crippen LogP contribution in [0.25, 0.3) is 0 Å². The molecule has 1 nitrogen and oxygen atoms in total. The van der Waals surface area contributed by atoms with Crippen LogP contribution in [0.1, 0.15) is 49.5 Å². The summed E-state index contributed by atoms with van der Waals surface area (Å²) in [6.07, 6.45) is 2.67. The van der Waals surface area contributed by atoms with Crippen LogP contribution in [0, 0.1) is 18.3 Å². The lowest BCUT2D eigenvalue weighted by Gasteiger charge is -2.27. The van der Waals surface area contributed by atoms with Gasteiger partial charge in [0.05, 0.1) is 5.02 Å². The fraction of sp³-hybridized carbons (Fsp3) is 0.562. The zero-order valence-electron chi connectivity index (χ0n) is 12.3. The highest BCUT2D eigenvalue weighted by Crippen LogP contribution is 2.33. The van der Waals surface area contributed by atoms with Crippen LogP contribution in [0.2, 0.25) is 5.02 Å². The topological polar surface area (TPSA) is 17.1 Å². The summed E-state index contributed by atoms with van der Waals surface area (Å²) in [4.78, 5) is 12.5. The number of carbonyl (C=O) groups excluding carboxylic acids is 1. The van der Waals surface area contributed by atoms with Crippen LogP contribution in [0.4, 0.5) is 0 Å². The van der Waals surface area contributed by atoms with E-state index in [0.29, 0.717) is 22.9 Å². The number of ketones is 1. The van der Waals surface area contributed by atoms with E-state index in [0.717, 1.165) is 18.1 Å². The van der Waals surface area contributed by atoms with E-state index in [-0.39, 0.29) is 11.2 Å². The van der Waals surface area contributed by atoms with Gasteiger partial charge in [-0.1, -0.05) is 44.5 Å². The van der Waals surface area contributed by atoms with Crippen LogP contribution in [0.5, 0.6) is 0 Å². The molecule has 0 saturated carbocycles. The van der Waals surface area contributed by atoms with Gasteiger partial charge in [0, 0.05) is 12.0 Å². The molecule has 0 fully saturated rings. The van der Waals surface area contributed by atoms with Crippen molar-refractivity contribution in [2.45, 2.75) is 40.5 Å². The molecule has 0 N–H and O–H groups in total. The largest absolute Gasteiger partial charge is 0.294 e. The van der Waals surface area contributed by atoms with Crippen molar-refractivity contribution in [3.63, 3.8) is 0 Å². The third kappa shape index (κ3) is 4.89. The second-order valence-electron chi connectivity index (χ2n) is 6.24. The molecule has 2 atom stereocenters. The molecule has 106 valence electrons. The highest BCUT2D eigenvalue weighted by atomic mass is 35.5. The minimum atomic E-state index is 0.0126.